The first kappa shape index (κ1) is 21.4. The summed E-state index contributed by atoms with van der Waals surface area (Å²) >= 11 is 9.28. The molecule has 26 heavy (non-hydrogen) atoms. The zero-order valence-corrected chi connectivity index (χ0v) is 18.2. The van der Waals surface area contributed by atoms with Crippen LogP contribution in [0.3, 0.4) is 0 Å². The van der Waals surface area contributed by atoms with Crippen LogP contribution in [0, 0.1) is 0 Å². The van der Waals surface area contributed by atoms with Gasteiger partial charge in [-0.2, -0.15) is 0 Å². The van der Waals surface area contributed by atoms with Crippen molar-refractivity contribution in [3.63, 3.8) is 0 Å². The van der Waals surface area contributed by atoms with Crippen LogP contribution in [-0.4, -0.2) is 61.2 Å². The molecule has 1 fully saturated rings. The van der Waals surface area contributed by atoms with E-state index in [9.17, 15) is 13.2 Å². The Morgan fingerprint density at radius 1 is 1.42 bits per heavy atom. The van der Waals surface area contributed by atoms with Crippen LogP contribution < -0.4 is 0 Å². The maximum atomic E-state index is 12.5. The molecule has 10 heteroatoms. The van der Waals surface area contributed by atoms with E-state index in [-0.39, 0.29) is 24.0 Å². The van der Waals surface area contributed by atoms with E-state index in [4.69, 9.17) is 21.1 Å². The van der Waals surface area contributed by atoms with Gasteiger partial charge in [0.1, 0.15) is 31.3 Å². The molecule has 7 nitrogen and oxygen atoms in total. The van der Waals surface area contributed by atoms with Crippen LogP contribution in [0.2, 0.25) is 5.15 Å². The van der Waals surface area contributed by atoms with Crippen molar-refractivity contribution in [2.24, 2.45) is 0 Å². The van der Waals surface area contributed by atoms with E-state index in [2.05, 4.69) is 20.9 Å². The van der Waals surface area contributed by atoms with Crippen molar-refractivity contribution in [3.8, 4) is 0 Å². The molecule has 0 radical (unpaired) electrons. The van der Waals surface area contributed by atoms with Crippen molar-refractivity contribution in [2.45, 2.75) is 38.6 Å². The molecule has 0 bridgehead atoms. The van der Waals surface area contributed by atoms with Gasteiger partial charge in [-0.1, -0.05) is 11.6 Å². The van der Waals surface area contributed by atoms with Gasteiger partial charge in [-0.05, 0) is 54.4 Å². The zero-order chi connectivity index (χ0) is 19.7. The lowest BCUT2D eigenvalue weighted by atomic mass is 10.1. The second-order valence-electron chi connectivity index (χ2n) is 7.27. The molecule has 1 aromatic rings. The average Bonchev–Trinajstić information content (AvgIpc) is 2.42. The SMILES string of the molecule is CC(C)(C)OC(=O)N1CC(CS(C)(=O)=O)OC(c2cc(Cl)nc(Br)c2)C1. The van der Waals surface area contributed by atoms with E-state index in [1.165, 1.54) is 4.90 Å². The Morgan fingerprint density at radius 3 is 2.62 bits per heavy atom. The van der Waals surface area contributed by atoms with E-state index >= 15 is 0 Å². The fourth-order valence-corrected chi connectivity index (χ4v) is 4.23. The highest BCUT2D eigenvalue weighted by atomic mass is 79.9. The van der Waals surface area contributed by atoms with Crippen molar-refractivity contribution >= 4 is 43.5 Å². The third-order valence-corrected chi connectivity index (χ3v) is 5.04. The summed E-state index contributed by atoms with van der Waals surface area (Å²) in [5.74, 6) is -0.192. The molecule has 1 aliphatic rings. The molecule has 0 aliphatic carbocycles. The molecule has 0 saturated carbocycles. The van der Waals surface area contributed by atoms with E-state index in [0.717, 1.165) is 6.26 Å². The Labute approximate surface area is 167 Å². The summed E-state index contributed by atoms with van der Waals surface area (Å²) in [4.78, 5) is 18.0. The van der Waals surface area contributed by atoms with Crippen LogP contribution >= 0.6 is 27.5 Å². The average molecular weight is 470 g/mol. The first-order valence-electron chi connectivity index (χ1n) is 7.96. The number of rotatable bonds is 3. The van der Waals surface area contributed by atoms with Crippen LogP contribution in [0.4, 0.5) is 4.79 Å². The third kappa shape index (κ3) is 6.68. The molecule has 2 unspecified atom stereocenters. The number of pyridine rings is 1. The second-order valence-corrected chi connectivity index (χ2v) is 10.7. The number of carbonyl (C=O) groups is 1. The lowest BCUT2D eigenvalue weighted by molar-refractivity contribution is -0.0803. The molecule has 1 saturated heterocycles. The first-order chi connectivity index (χ1) is 11.8. The smallest absolute Gasteiger partial charge is 0.410 e. The van der Waals surface area contributed by atoms with Crippen molar-refractivity contribution in [3.05, 3.63) is 27.5 Å². The number of halogens is 2. The van der Waals surface area contributed by atoms with Crippen molar-refractivity contribution < 1.29 is 22.7 Å². The standard InChI is InChI=1S/C16H22BrClN2O5S/c1-16(2,3)25-15(21)20-7-11(9-26(4,22)23)24-12(8-20)10-5-13(17)19-14(18)6-10/h5-6,11-12H,7-9H2,1-4H3. The topological polar surface area (TPSA) is 85.8 Å². The highest BCUT2D eigenvalue weighted by molar-refractivity contribution is 9.10. The van der Waals surface area contributed by atoms with Gasteiger partial charge in [0.25, 0.3) is 0 Å². The van der Waals surface area contributed by atoms with Crippen molar-refractivity contribution in [2.75, 3.05) is 25.1 Å². The minimum atomic E-state index is -3.28. The fraction of sp³-hybridized carbons (Fsp3) is 0.625. The molecular formula is C16H22BrClN2O5S. The Morgan fingerprint density at radius 2 is 2.08 bits per heavy atom. The number of carbonyl (C=O) groups excluding carboxylic acids is 1. The van der Waals surface area contributed by atoms with Gasteiger partial charge in [0.15, 0.2) is 0 Å². The highest BCUT2D eigenvalue weighted by Crippen LogP contribution is 2.29. The monoisotopic (exact) mass is 468 g/mol. The molecule has 1 aliphatic heterocycles. The molecule has 1 amide bonds. The summed E-state index contributed by atoms with van der Waals surface area (Å²) in [6.45, 7) is 5.68. The lowest BCUT2D eigenvalue weighted by Gasteiger charge is -2.38. The first-order valence-corrected chi connectivity index (χ1v) is 11.2. The predicted molar refractivity (Wildman–Crippen MR) is 102 cm³/mol. The number of hydrogen-bond acceptors (Lipinski definition) is 6. The maximum absolute atomic E-state index is 12.5. The van der Waals surface area contributed by atoms with E-state index in [0.29, 0.717) is 10.2 Å². The van der Waals surface area contributed by atoms with Crippen LogP contribution in [-0.2, 0) is 19.3 Å². The molecule has 146 valence electrons. The Kier molecular flexibility index (Phi) is 6.58. The van der Waals surface area contributed by atoms with Gasteiger partial charge >= 0.3 is 6.09 Å². The van der Waals surface area contributed by atoms with Crippen molar-refractivity contribution in [1.29, 1.82) is 0 Å². The van der Waals surface area contributed by atoms with Crippen LogP contribution in [0.5, 0.6) is 0 Å². The number of morpholine rings is 1. The van der Waals surface area contributed by atoms with Gasteiger partial charge in [-0.25, -0.2) is 18.2 Å². The number of amides is 1. The van der Waals surface area contributed by atoms with Crippen LogP contribution in [0.1, 0.15) is 32.4 Å². The molecule has 1 aromatic heterocycles. The van der Waals surface area contributed by atoms with E-state index in [1.807, 2.05) is 0 Å². The summed E-state index contributed by atoms with van der Waals surface area (Å²) in [5.41, 5.74) is 0.0452. The minimum absolute atomic E-state index is 0.137. The Bertz CT molecular complexity index is 761. The summed E-state index contributed by atoms with van der Waals surface area (Å²) in [5, 5.41) is 0.270. The molecule has 2 atom stereocenters. The quantitative estimate of drug-likeness (QED) is 0.632. The van der Waals surface area contributed by atoms with Crippen molar-refractivity contribution in [1.82, 2.24) is 9.88 Å². The van der Waals surface area contributed by atoms with Gasteiger partial charge in [-0.3, -0.25) is 0 Å². The minimum Gasteiger partial charge on any atom is -0.444 e. The van der Waals surface area contributed by atoms with Gasteiger partial charge in [-0.15, -0.1) is 0 Å². The number of aromatic nitrogens is 1. The number of sulfone groups is 1. The highest BCUT2D eigenvalue weighted by Gasteiger charge is 2.35. The molecular weight excluding hydrogens is 448 g/mol. The van der Waals surface area contributed by atoms with Crippen LogP contribution in [0.25, 0.3) is 0 Å². The van der Waals surface area contributed by atoms with E-state index in [1.54, 1.807) is 32.9 Å². The summed E-state index contributed by atoms with van der Waals surface area (Å²) in [7, 11) is -3.28. The Balaban J connectivity index is 2.28. The molecule has 0 spiro atoms. The maximum Gasteiger partial charge on any atom is 0.410 e. The largest absolute Gasteiger partial charge is 0.444 e. The summed E-state index contributed by atoms with van der Waals surface area (Å²) < 4.78 is 35.3. The van der Waals surface area contributed by atoms with E-state index < -0.39 is 33.7 Å². The molecule has 2 rings (SSSR count). The zero-order valence-electron chi connectivity index (χ0n) is 15.0. The number of hydrogen-bond donors (Lipinski definition) is 0. The normalized spacial score (nSPS) is 21.5. The predicted octanol–water partition coefficient (Wildman–Crippen LogP) is 3.22. The summed E-state index contributed by atoms with van der Waals surface area (Å²) in [6, 6.07) is 3.36. The third-order valence-electron chi connectivity index (χ3n) is 3.46. The van der Waals surface area contributed by atoms with Gasteiger partial charge in [0.2, 0.25) is 0 Å². The molecule has 0 aromatic carbocycles. The Hall–Kier alpha value is -0.900. The van der Waals surface area contributed by atoms with Gasteiger partial charge in [0, 0.05) is 6.26 Å². The fourth-order valence-electron chi connectivity index (χ4n) is 2.60. The van der Waals surface area contributed by atoms with Gasteiger partial charge < -0.3 is 14.4 Å². The summed E-state index contributed by atoms with van der Waals surface area (Å²) in [6.07, 6.45) is -0.581. The van der Waals surface area contributed by atoms with Crippen LogP contribution in [0.15, 0.2) is 16.7 Å². The molecule has 0 N–H and O–H groups in total. The molecule has 2 heterocycles. The second kappa shape index (κ2) is 8.00. The number of ether oxygens (including phenoxy) is 2. The number of nitrogens with zero attached hydrogens (tertiary/aromatic N) is 2. The lowest BCUT2D eigenvalue weighted by Crippen LogP contribution is -2.50. The van der Waals surface area contributed by atoms with Gasteiger partial charge in [0.05, 0.1) is 24.9 Å².